The second-order valence-electron chi connectivity index (χ2n) is 8.21. The number of carbonyl (C=O) groups excluding carboxylic acids is 2. The third-order valence-electron chi connectivity index (χ3n) is 4.59. The van der Waals surface area contributed by atoms with Crippen molar-refractivity contribution >= 4 is 19.6 Å². The highest BCUT2D eigenvalue weighted by molar-refractivity contribution is 7.51. The van der Waals surface area contributed by atoms with Crippen LogP contribution < -0.4 is 5.32 Å². The minimum absolute atomic E-state index is 0.0205. The topological polar surface area (TPSA) is 116 Å². The van der Waals surface area contributed by atoms with Crippen LogP contribution in [-0.2, 0) is 27.1 Å². The molecule has 2 aromatic carbocycles. The lowest BCUT2D eigenvalue weighted by atomic mass is 10.0. The molecule has 0 aromatic heterocycles. The summed E-state index contributed by atoms with van der Waals surface area (Å²) in [6, 6.07) is 15.0. The number of hydrogen-bond acceptors (Lipinski definition) is 4. The Labute approximate surface area is 188 Å². The number of carbonyl (C=O) groups is 2. The van der Waals surface area contributed by atoms with Gasteiger partial charge in [-0.2, -0.15) is 0 Å². The molecule has 2 amide bonds. The van der Waals surface area contributed by atoms with E-state index in [2.05, 4.69) is 5.32 Å². The van der Waals surface area contributed by atoms with Crippen molar-refractivity contribution in [3.05, 3.63) is 71.3 Å². The number of aryl methyl sites for hydroxylation is 1. The predicted octanol–water partition coefficient (Wildman–Crippen LogP) is 3.45. The van der Waals surface area contributed by atoms with Gasteiger partial charge in [0.1, 0.15) is 18.9 Å². The summed E-state index contributed by atoms with van der Waals surface area (Å²) in [5.41, 5.74) is 2.69. The summed E-state index contributed by atoms with van der Waals surface area (Å²) < 4.78 is 16.9. The molecule has 3 N–H and O–H groups in total. The van der Waals surface area contributed by atoms with Gasteiger partial charge in [-0.15, -0.1) is 0 Å². The van der Waals surface area contributed by atoms with Gasteiger partial charge in [0, 0.05) is 13.0 Å². The van der Waals surface area contributed by atoms with Crippen molar-refractivity contribution in [2.75, 3.05) is 12.8 Å². The van der Waals surface area contributed by atoms with Gasteiger partial charge in [-0.3, -0.25) is 4.57 Å². The maximum absolute atomic E-state index is 12.9. The van der Waals surface area contributed by atoms with E-state index in [4.69, 9.17) is 4.74 Å². The largest absolute Gasteiger partial charge is 0.459 e. The normalized spacial score (nSPS) is 12.3. The van der Waals surface area contributed by atoms with Gasteiger partial charge in [-0.25, -0.2) is 9.59 Å². The number of nitrogens with one attached hydrogen (secondary N) is 1. The van der Waals surface area contributed by atoms with E-state index in [-0.39, 0.29) is 25.5 Å². The number of nitrogens with zero attached hydrogens (tertiary/aromatic N) is 1. The Morgan fingerprint density at radius 3 is 2.22 bits per heavy atom. The van der Waals surface area contributed by atoms with Crippen LogP contribution in [0.3, 0.4) is 0 Å². The average Bonchev–Trinajstić information content (AvgIpc) is 2.72. The zero-order valence-electron chi connectivity index (χ0n) is 18.6. The number of hydrogen-bond donors (Lipinski definition) is 3. The molecule has 0 aliphatic carbocycles. The Bertz CT molecular complexity index is 927. The van der Waals surface area contributed by atoms with Crippen LogP contribution in [0, 0.1) is 12.8 Å². The molecule has 2 rings (SSSR count). The van der Waals surface area contributed by atoms with E-state index in [0.717, 1.165) is 21.6 Å². The van der Waals surface area contributed by atoms with Crippen molar-refractivity contribution in [2.45, 2.75) is 39.8 Å². The van der Waals surface area contributed by atoms with E-state index in [1.165, 1.54) is 0 Å². The summed E-state index contributed by atoms with van der Waals surface area (Å²) in [5, 5.41) is 2.61. The second kappa shape index (κ2) is 11.8. The van der Waals surface area contributed by atoms with Crippen molar-refractivity contribution in [1.82, 2.24) is 10.2 Å². The first-order valence-electron chi connectivity index (χ1n) is 10.4. The van der Waals surface area contributed by atoms with Gasteiger partial charge in [0.05, 0.1) is 0 Å². The molecular weight excluding hydrogens is 431 g/mol. The van der Waals surface area contributed by atoms with Crippen molar-refractivity contribution in [3.8, 4) is 0 Å². The van der Waals surface area contributed by atoms with Crippen LogP contribution in [0.25, 0.3) is 0 Å². The van der Waals surface area contributed by atoms with Gasteiger partial charge < -0.3 is 24.7 Å². The fraction of sp³-hybridized carbons (Fsp3) is 0.391. The SMILES string of the molecule is Cc1ccc(C[C@H](NC(=O)N(CC(C)C)CP(=O)(O)O)C(=O)OCc2ccccc2)cc1. The van der Waals surface area contributed by atoms with Gasteiger partial charge in [0.15, 0.2) is 0 Å². The third-order valence-corrected chi connectivity index (χ3v) is 5.30. The van der Waals surface area contributed by atoms with Gasteiger partial charge in [-0.05, 0) is 24.0 Å². The maximum Gasteiger partial charge on any atom is 0.344 e. The smallest absolute Gasteiger partial charge is 0.344 e. The van der Waals surface area contributed by atoms with E-state index >= 15 is 0 Å². The molecule has 8 nitrogen and oxygen atoms in total. The minimum Gasteiger partial charge on any atom is -0.459 e. The lowest BCUT2D eigenvalue weighted by Crippen LogP contribution is -2.50. The quantitative estimate of drug-likeness (QED) is 0.368. The summed E-state index contributed by atoms with van der Waals surface area (Å²) in [5.74, 6) is -0.642. The first-order chi connectivity index (χ1) is 15.0. The Kier molecular flexibility index (Phi) is 9.44. The van der Waals surface area contributed by atoms with E-state index in [9.17, 15) is 23.9 Å². The summed E-state index contributed by atoms with van der Waals surface area (Å²) in [7, 11) is -4.47. The lowest BCUT2D eigenvalue weighted by Gasteiger charge is -2.27. The fourth-order valence-corrected chi connectivity index (χ4v) is 3.78. The summed E-state index contributed by atoms with van der Waals surface area (Å²) >= 11 is 0. The van der Waals surface area contributed by atoms with E-state index in [0.29, 0.717) is 0 Å². The zero-order chi connectivity index (χ0) is 23.7. The minimum atomic E-state index is -4.47. The molecule has 0 radical (unpaired) electrons. The van der Waals surface area contributed by atoms with Gasteiger partial charge >= 0.3 is 19.6 Å². The number of urea groups is 1. The average molecular weight is 462 g/mol. The maximum atomic E-state index is 12.9. The number of esters is 1. The molecule has 0 aliphatic heterocycles. The van der Waals surface area contributed by atoms with Crippen LogP contribution in [0.4, 0.5) is 4.79 Å². The first-order valence-corrected chi connectivity index (χ1v) is 12.2. The Morgan fingerprint density at radius 2 is 1.66 bits per heavy atom. The van der Waals surface area contributed by atoms with Crippen LogP contribution >= 0.6 is 7.60 Å². The molecule has 9 heteroatoms. The fourth-order valence-electron chi connectivity index (χ4n) is 3.09. The molecule has 2 aromatic rings. The predicted molar refractivity (Wildman–Crippen MR) is 122 cm³/mol. The van der Waals surface area contributed by atoms with E-state index < -0.39 is 31.9 Å². The van der Waals surface area contributed by atoms with Crippen molar-refractivity contribution in [3.63, 3.8) is 0 Å². The molecule has 0 fully saturated rings. The molecule has 0 aliphatic rings. The summed E-state index contributed by atoms with van der Waals surface area (Å²) in [4.78, 5) is 45.5. The van der Waals surface area contributed by atoms with E-state index in [1.807, 2.05) is 75.4 Å². The monoisotopic (exact) mass is 462 g/mol. The number of rotatable bonds is 10. The number of amides is 2. The molecule has 0 unspecified atom stereocenters. The Hall–Kier alpha value is -2.67. The highest BCUT2D eigenvalue weighted by atomic mass is 31.2. The zero-order valence-corrected chi connectivity index (χ0v) is 19.5. The van der Waals surface area contributed by atoms with Crippen LogP contribution in [0.1, 0.15) is 30.5 Å². The number of ether oxygens (including phenoxy) is 1. The second-order valence-corrected chi connectivity index (χ2v) is 9.82. The Balaban J connectivity index is 2.17. The summed E-state index contributed by atoms with van der Waals surface area (Å²) in [6.07, 6.45) is -0.543. The van der Waals surface area contributed by atoms with Crippen LogP contribution in [0.5, 0.6) is 0 Å². The van der Waals surface area contributed by atoms with Gasteiger partial charge in [-0.1, -0.05) is 74.0 Å². The lowest BCUT2D eigenvalue weighted by molar-refractivity contribution is -0.147. The van der Waals surface area contributed by atoms with E-state index in [1.54, 1.807) is 0 Å². The highest BCUT2D eigenvalue weighted by Gasteiger charge is 2.29. The summed E-state index contributed by atoms with van der Waals surface area (Å²) in [6.45, 7) is 5.80. The van der Waals surface area contributed by atoms with Gasteiger partial charge in [0.25, 0.3) is 0 Å². The Morgan fingerprint density at radius 1 is 1.03 bits per heavy atom. The molecule has 0 saturated carbocycles. The number of benzene rings is 2. The molecule has 32 heavy (non-hydrogen) atoms. The molecule has 0 spiro atoms. The molecule has 0 saturated heterocycles. The van der Waals surface area contributed by atoms with Crippen molar-refractivity contribution < 1.29 is 28.7 Å². The molecule has 1 atom stereocenters. The third kappa shape index (κ3) is 9.22. The molecule has 0 heterocycles. The first kappa shape index (κ1) is 25.6. The standard InChI is InChI=1S/C23H31N2O6P/c1-17(2)14-25(16-32(28,29)30)23(27)24-21(13-19-11-9-18(3)10-12-19)22(26)31-15-20-7-5-4-6-8-20/h4-12,17,21H,13-16H2,1-3H3,(H,24,27)(H2,28,29,30)/t21-/m0/s1. The van der Waals surface area contributed by atoms with Crippen LogP contribution in [0.2, 0.25) is 0 Å². The highest BCUT2D eigenvalue weighted by Crippen LogP contribution is 2.35. The van der Waals surface area contributed by atoms with Crippen LogP contribution in [-0.4, -0.2) is 45.6 Å². The van der Waals surface area contributed by atoms with Crippen LogP contribution in [0.15, 0.2) is 54.6 Å². The van der Waals surface area contributed by atoms with Crippen molar-refractivity contribution in [2.24, 2.45) is 5.92 Å². The van der Waals surface area contributed by atoms with Gasteiger partial charge in [0.2, 0.25) is 0 Å². The molecule has 174 valence electrons. The van der Waals surface area contributed by atoms with Crippen molar-refractivity contribution in [1.29, 1.82) is 0 Å². The molecule has 0 bridgehead atoms. The molecular formula is C23H31N2O6P.